The lowest BCUT2D eigenvalue weighted by atomic mass is 10.1. The molecule has 0 saturated carbocycles. The van der Waals surface area contributed by atoms with Gasteiger partial charge in [-0.2, -0.15) is 5.10 Å². The largest absolute Gasteiger partial charge is 0.484 e. The molecular weight excluding hydrogens is 384 g/mol. The van der Waals surface area contributed by atoms with Gasteiger partial charge >= 0.3 is 0 Å². The van der Waals surface area contributed by atoms with E-state index in [2.05, 4.69) is 36.4 Å². The van der Waals surface area contributed by atoms with E-state index in [-0.39, 0.29) is 12.5 Å². The Hall–Kier alpha value is -2.67. The number of aromatic amines is 1. The molecule has 0 aliphatic rings. The maximum atomic E-state index is 12.3. The number of ether oxygens (including phenoxy) is 1. The molecule has 3 aromatic rings. The predicted octanol–water partition coefficient (Wildman–Crippen LogP) is 3.16. The number of nitrogens with one attached hydrogen (secondary N) is 2. The van der Waals surface area contributed by atoms with Crippen LogP contribution in [0.4, 0.5) is 0 Å². The first-order chi connectivity index (χ1) is 12.1. The number of carbonyl (C=O) groups excluding carboxylic acids is 1. The lowest BCUT2D eigenvalue weighted by Crippen LogP contribution is -2.33. The molecule has 7 heteroatoms. The Kier molecular flexibility index (Phi) is 5.45. The van der Waals surface area contributed by atoms with Gasteiger partial charge in [0.25, 0.3) is 5.91 Å². The summed E-state index contributed by atoms with van der Waals surface area (Å²) in [6.07, 6.45) is 0. The molecule has 1 unspecified atom stereocenters. The van der Waals surface area contributed by atoms with E-state index in [1.165, 1.54) is 0 Å². The van der Waals surface area contributed by atoms with E-state index in [1.807, 2.05) is 49.4 Å². The number of aryl methyl sites for hydroxylation is 1. The van der Waals surface area contributed by atoms with Gasteiger partial charge in [0.15, 0.2) is 12.4 Å². The Balaban J connectivity index is 1.69. The number of rotatable bonds is 6. The average Bonchev–Trinajstić information content (AvgIpc) is 3.06. The van der Waals surface area contributed by atoms with Crippen molar-refractivity contribution in [3.05, 3.63) is 76.3 Å². The van der Waals surface area contributed by atoms with Crippen LogP contribution in [-0.4, -0.2) is 27.7 Å². The second-order valence-electron chi connectivity index (χ2n) is 5.43. The minimum Gasteiger partial charge on any atom is -0.484 e. The van der Waals surface area contributed by atoms with E-state index < -0.39 is 6.04 Å². The molecule has 0 saturated heterocycles. The van der Waals surface area contributed by atoms with Crippen molar-refractivity contribution >= 4 is 21.8 Å². The first-order valence-corrected chi connectivity index (χ1v) is 8.52. The highest BCUT2D eigenvalue weighted by molar-refractivity contribution is 9.10. The van der Waals surface area contributed by atoms with Crippen molar-refractivity contribution in [2.24, 2.45) is 0 Å². The third-order valence-electron chi connectivity index (χ3n) is 3.49. The zero-order chi connectivity index (χ0) is 17.6. The summed E-state index contributed by atoms with van der Waals surface area (Å²) < 4.78 is 6.47. The van der Waals surface area contributed by atoms with Crippen molar-refractivity contribution in [3.63, 3.8) is 0 Å². The zero-order valence-electron chi connectivity index (χ0n) is 13.6. The second-order valence-corrected chi connectivity index (χ2v) is 6.35. The number of benzene rings is 2. The number of aromatic nitrogens is 3. The van der Waals surface area contributed by atoms with E-state index in [0.717, 1.165) is 10.0 Å². The molecule has 1 amide bonds. The standard InChI is InChI=1S/C18H17BrN4O2/c1-12-20-18(23-22-12)17(13-5-3-2-4-6-13)21-16(24)11-25-15-9-7-14(19)8-10-15/h2-10,17H,11H2,1H3,(H,21,24)(H,20,22,23). The molecule has 1 atom stereocenters. The van der Waals surface area contributed by atoms with Gasteiger partial charge in [-0.05, 0) is 36.8 Å². The normalized spacial score (nSPS) is 11.8. The van der Waals surface area contributed by atoms with Crippen molar-refractivity contribution in [2.75, 3.05) is 6.61 Å². The van der Waals surface area contributed by atoms with E-state index in [4.69, 9.17) is 4.74 Å². The molecule has 0 bridgehead atoms. The van der Waals surface area contributed by atoms with Crippen LogP contribution < -0.4 is 10.1 Å². The first-order valence-electron chi connectivity index (χ1n) is 7.73. The van der Waals surface area contributed by atoms with Gasteiger partial charge in [0.1, 0.15) is 17.6 Å². The molecule has 6 nitrogen and oxygen atoms in total. The minimum atomic E-state index is -0.438. The highest BCUT2D eigenvalue weighted by Crippen LogP contribution is 2.19. The Morgan fingerprint density at radius 1 is 1.20 bits per heavy atom. The molecule has 0 spiro atoms. The Morgan fingerprint density at radius 2 is 1.92 bits per heavy atom. The fourth-order valence-electron chi connectivity index (χ4n) is 2.31. The molecule has 128 valence electrons. The smallest absolute Gasteiger partial charge is 0.258 e. The fraction of sp³-hybridized carbons (Fsp3) is 0.167. The monoisotopic (exact) mass is 400 g/mol. The van der Waals surface area contributed by atoms with E-state index >= 15 is 0 Å². The predicted molar refractivity (Wildman–Crippen MR) is 97.2 cm³/mol. The summed E-state index contributed by atoms with van der Waals surface area (Å²) in [5, 5.41) is 9.91. The van der Waals surface area contributed by atoms with Crippen LogP contribution in [0.25, 0.3) is 0 Å². The summed E-state index contributed by atoms with van der Waals surface area (Å²) in [6, 6.07) is 16.5. The number of amides is 1. The van der Waals surface area contributed by atoms with Crippen LogP contribution in [0.2, 0.25) is 0 Å². The summed E-state index contributed by atoms with van der Waals surface area (Å²) in [4.78, 5) is 16.7. The van der Waals surface area contributed by atoms with Gasteiger partial charge in [-0.25, -0.2) is 4.98 Å². The van der Waals surface area contributed by atoms with Crippen LogP contribution in [0, 0.1) is 6.92 Å². The lowest BCUT2D eigenvalue weighted by Gasteiger charge is -2.16. The summed E-state index contributed by atoms with van der Waals surface area (Å²) in [7, 11) is 0. The van der Waals surface area contributed by atoms with Crippen molar-refractivity contribution in [1.82, 2.24) is 20.5 Å². The molecule has 2 N–H and O–H groups in total. The molecule has 0 fully saturated rings. The first kappa shape index (κ1) is 17.2. The second kappa shape index (κ2) is 7.94. The van der Waals surface area contributed by atoms with Crippen molar-refractivity contribution in [1.29, 1.82) is 0 Å². The molecule has 0 aliphatic heterocycles. The Bertz CT molecular complexity index is 834. The minimum absolute atomic E-state index is 0.0889. The zero-order valence-corrected chi connectivity index (χ0v) is 15.2. The number of nitrogens with zero attached hydrogens (tertiary/aromatic N) is 2. The van der Waals surface area contributed by atoms with Gasteiger partial charge in [-0.15, -0.1) is 0 Å². The van der Waals surface area contributed by atoms with Crippen molar-refractivity contribution in [3.8, 4) is 5.75 Å². The van der Waals surface area contributed by atoms with Crippen LogP contribution >= 0.6 is 15.9 Å². The molecular formula is C18H17BrN4O2. The van der Waals surface area contributed by atoms with Gasteiger partial charge < -0.3 is 10.1 Å². The Morgan fingerprint density at radius 3 is 2.56 bits per heavy atom. The van der Waals surface area contributed by atoms with Crippen LogP contribution in [0.3, 0.4) is 0 Å². The summed E-state index contributed by atoms with van der Waals surface area (Å²) in [5.41, 5.74) is 0.901. The maximum absolute atomic E-state index is 12.3. The highest BCUT2D eigenvalue weighted by Gasteiger charge is 2.21. The SMILES string of the molecule is Cc1nc(C(NC(=O)COc2ccc(Br)cc2)c2ccccc2)n[nH]1. The van der Waals surface area contributed by atoms with E-state index in [9.17, 15) is 4.79 Å². The van der Waals surface area contributed by atoms with Gasteiger partial charge in [-0.1, -0.05) is 46.3 Å². The van der Waals surface area contributed by atoms with Crippen LogP contribution in [0.15, 0.2) is 59.1 Å². The maximum Gasteiger partial charge on any atom is 0.258 e. The fourth-order valence-corrected chi connectivity index (χ4v) is 2.58. The molecule has 1 heterocycles. The number of hydrogen-bond donors (Lipinski definition) is 2. The van der Waals surface area contributed by atoms with Crippen molar-refractivity contribution < 1.29 is 9.53 Å². The van der Waals surface area contributed by atoms with Crippen LogP contribution in [0.1, 0.15) is 23.3 Å². The topological polar surface area (TPSA) is 79.9 Å². The third kappa shape index (κ3) is 4.67. The molecule has 1 aromatic heterocycles. The molecule has 0 radical (unpaired) electrons. The van der Waals surface area contributed by atoms with Gasteiger partial charge in [-0.3, -0.25) is 9.89 Å². The Labute approximate surface area is 153 Å². The third-order valence-corrected chi connectivity index (χ3v) is 4.02. The van der Waals surface area contributed by atoms with Crippen LogP contribution in [-0.2, 0) is 4.79 Å². The average molecular weight is 401 g/mol. The van der Waals surface area contributed by atoms with E-state index in [1.54, 1.807) is 12.1 Å². The molecule has 2 aromatic carbocycles. The summed E-state index contributed by atoms with van der Waals surface area (Å²) in [6.45, 7) is 1.73. The van der Waals surface area contributed by atoms with Gasteiger partial charge in [0.2, 0.25) is 0 Å². The summed E-state index contributed by atoms with van der Waals surface area (Å²) >= 11 is 3.36. The molecule has 3 rings (SSSR count). The molecule has 25 heavy (non-hydrogen) atoms. The number of H-pyrrole nitrogens is 1. The number of hydrogen-bond acceptors (Lipinski definition) is 4. The quantitative estimate of drug-likeness (QED) is 0.665. The van der Waals surface area contributed by atoms with Gasteiger partial charge in [0, 0.05) is 4.47 Å². The van der Waals surface area contributed by atoms with Gasteiger partial charge in [0.05, 0.1) is 0 Å². The van der Waals surface area contributed by atoms with E-state index in [0.29, 0.717) is 17.4 Å². The lowest BCUT2D eigenvalue weighted by molar-refractivity contribution is -0.123. The van der Waals surface area contributed by atoms with Crippen LogP contribution in [0.5, 0.6) is 5.75 Å². The number of halogens is 1. The summed E-state index contributed by atoms with van der Waals surface area (Å²) in [5.74, 6) is 1.58. The highest BCUT2D eigenvalue weighted by atomic mass is 79.9. The number of carbonyl (C=O) groups is 1. The van der Waals surface area contributed by atoms with Crippen molar-refractivity contribution in [2.45, 2.75) is 13.0 Å². The molecule has 0 aliphatic carbocycles.